The minimum absolute atomic E-state index is 0.0344. The molecule has 6 heteroatoms. The van der Waals surface area contributed by atoms with Crippen LogP contribution in [0, 0.1) is 0 Å². The van der Waals surface area contributed by atoms with Gasteiger partial charge in [-0.15, -0.1) is 11.3 Å². The Morgan fingerprint density at radius 1 is 1.55 bits per heavy atom. The first-order chi connectivity index (χ1) is 9.63. The highest BCUT2D eigenvalue weighted by Gasteiger charge is 2.17. The van der Waals surface area contributed by atoms with Gasteiger partial charge in [0.15, 0.2) is 0 Å². The number of thiazole rings is 1. The summed E-state index contributed by atoms with van der Waals surface area (Å²) in [6.45, 7) is 4.07. The van der Waals surface area contributed by atoms with Crippen LogP contribution in [0.4, 0.5) is 11.4 Å². The molecule has 0 bridgehead atoms. The maximum atomic E-state index is 12.0. The second-order valence-electron chi connectivity index (χ2n) is 4.23. The number of carbonyl (C=O) groups excluding carboxylic acids is 1. The van der Waals surface area contributed by atoms with E-state index in [2.05, 4.69) is 10.3 Å². The zero-order valence-electron chi connectivity index (χ0n) is 11.4. The van der Waals surface area contributed by atoms with Crippen molar-refractivity contribution < 1.29 is 9.53 Å². The Bertz CT molecular complexity index is 584. The van der Waals surface area contributed by atoms with E-state index >= 15 is 0 Å². The highest BCUT2D eigenvalue weighted by molar-refractivity contribution is 7.09. The maximum Gasteiger partial charge on any atom is 0.340 e. The summed E-state index contributed by atoms with van der Waals surface area (Å²) in [5.41, 5.74) is 7.51. The van der Waals surface area contributed by atoms with Gasteiger partial charge in [-0.05, 0) is 26.0 Å². The van der Waals surface area contributed by atoms with Crippen molar-refractivity contribution in [2.45, 2.75) is 19.9 Å². The van der Waals surface area contributed by atoms with Gasteiger partial charge in [-0.25, -0.2) is 9.78 Å². The number of carbonyl (C=O) groups is 1. The number of aromatic nitrogens is 1. The summed E-state index contributed by atoms with van der Waals surface area (Å²) in [4.78, 5) is 16.2. The molecule has 0 aliphatic heterocycles. The number of nitrogens with one attached hydrogen (secondary N) is 1. The van der Waals surface area contributed by atoms with Crippen molar-refractivity contribution in [1.29, 1.82) is 0 Å². The van der Waals surface area contributed by atoms with Gasteiger partial charge in [0, 0.05) is 11.6 Å². The first kappa shape index (κ1) is 14.3. The van der Waals surface area contributed by atoms with E-state index in [1.165, 1.54) is 0 Å². The minimum atomic E-state index is -0.381. The third kappa shape index (κ3) is 3.08. The van der Waals surface area contributed by atoms with Crippen LogP contribution in [0.15, 0.2) is 29.8 Å². The van der Waals surface area contributed by atoms with E-state index < -0.39 is 0 Å². The summed E-state index contributed by atoms with van der Waals surface area (Å²) in [6.07, 6.45) is 1.75. The van der Waals surface area contributed by atoms with Crippen LogP contribution in [0.25, 0.3) is 0 Å². The van der Waals surface area contributed by atoms with Gasteiger partial charge in [0.2, 0.25) is 0 Å². The highest BCUT2D eigenvalue weighted by atomic mass is 32.1. The van der Waals surface area contributed by atoms with Crippen LogP contribution < -0.4 is 11.1 Å². The van der Waals surface area contributed by atoms with Crippen molar-refractivity contribution in [1.82, 2.24) is 4.98 Å². The number of rotatable bonds is 5. The van der Waals surface area contributed by atoms with Crippen LogP contribution >= 0.6 is 11.3 Å². The Morgan fingerprint density at radius 3 is 3.00 bits per heavy atom. The summed E-state index contributed by atoms with van der Waals surface area (Å²) in [5.74, 6) is -0.381. The van der Waals surface area contributed by atoms with Gasteiger partial charge in [-0.3, -0.25) is 0 Å². The molecule has 0 saturated heterocycles. The normalized spacial score (nSPS) is 11.9. The second-order valence-corrected chi connectivity index (χ2v) is 5.15. The van der Waals surface area contributed by atoms with Crippen molar-refractivity contribution in [3.63, 3.8) is 0 Å². The van der Waals surface area contributed by atoms with E-state index in [4.69, 9.17) is 10.5 Å². The minimum Gasteiger partial charge on any atom is -0.462 e. The van der Waals surface area contributed by atoms with Gasteiger partial charge >= 0.3 is 5.97 Å². The zero-order valence-corrected chi connectivity index (χ0v) is 12.2. The smallest absolute Gasteiger partial charge is 0.340 e. The average Bonchev–Trinajstić information content (AvgIpc) is 2.95. The van der Waals surface area contributed by atoms with E-state index in [9.17, 15) is 4.79 Å². The van der Waals surface area contributed by atoms with Crippen molar-refractivity contribution in [2.75, 3.05) is 17.7 Å². The lowest BCUT2D eigenvalue weighted by atomic mass is 10.1. The predicted molar refractivity (Wildman–Crippen MR) is 81.0 cm³/mol. The number of benzene rings is 1. The number of nitrogen functional groups attached to an aromatic ring is 1. The molecule has 1 aromatic heterocycles. The molecule has 3 N–H and O–H groups in total. The third-order valence-electron chi connectivity index (χ3n) is 2.77. The average molecular weight is 291 g/mol. The largest absolute Gasteiger partial charge is 0.462 e. The molecule has 0 aliphatic carbocycles. The maximum absolute atomic E-state index is 12.0. The van der Waals surface area contributed by atoms with Crippen LogP contribution in [-0.4, -0.2) is 17.6 Å². The SMILES string of the molecule is CCOC(=O)c1cccc(N)c1NC(C)c1nccs1. The van der Waals surface area contributed by atoms with Gasteiger partial charge in [0.1, 0.15) is 5.01 Å². The molecule has 0 saturated carbocycles. The Balaban J connectivity index is 2.28. The fraction of sp³-hybridized carbons (Fsp3) is 0.286. The van der Waals surface area contributed by atoms with E-state index in [-0.39, 0.29) is 12.0 Å². The van der Waals surface area contributed by atoms with Gasteiger partial charge in [-0.2, -0.15) is 0 Å². The van der Waals surface area contributed by atoms with Crippen LogP contribution in [-0.2, 0) is 4.74 Å². The quantitative estimate of drug-likeness (QED) is 0.654. The topological polar surface area (TPSA) is 77.2 Å². The first-order valence-corrected chi connectivity index (χ1v) is 7.23. The van der Waals surface area contributed by atoms with E-state index in [1.54, 1.807) is 42.7 Å². The molecule has 0 spiro atoms. The molecule has 1 atom stereocenters. The van der Waals surface area contributed by atoms with Crippen molar-refractivity contribution >= 4 is 28.7 Å². The zero-order chi connectivity index (χ0) is 14.5. The highest BCUT2D eigenvalue weighted by Crippen LogP contribution is 2.29. The fourth-order valence-corrected chi connectivity index (χ4v) is 2.48. The molecule has 20 heavy (non-hydrogen) atoms. The second kappa shape index (κ2) is 6.38. The number of anilines is 2. The van der Waals surface area contributed by atoms with Crippen LogP contribution in [0.1, 0.15) is 35.3 Å². The lowest BCUT2D eigenvalue weighted by Crippen LogP contribution is -2.14. The molecular weight excluding hydrogens is 274 g/mol. The molecule has 2 rings (SSSR count). The lowest BCUT2D eigenvalue weighted by Gasteiger charge is -2.17. The molecule has 106 valence electrons. The summed E-state index contributed by atoms with van der Waals surface area (Å²) >= 11 is 1.55. The van der Waals surface area contributed by atoms with Crippen LogP contribution in [0.5, 0.6) is 0 Å². The number of ether oxygens (including phenoxy) is 1. The Kier molecular flexibility index (Phi) is 4.57. The molecule has 0 fully saturated rings. The molecule has 1 heterocycles. The van der Waals surface area contributed by atoms with E-state index in [1.807, 2.05) is 12.3 Å². The Morgan fingerprint density at radius 2 is 2.35 bits per heavy atom. The first-order valence-electron chi connectivity index (χ1n) is 6.35. The number of para-hydroxylation sites is 1. The summed E-state index contributed by atoms with van der Waals surface area (Å²) in [7, 11) is 0. The fourth-order valence-electron chi connectivity index (χ4n) is 1.84. The number of hydrogen-bond donors (Lipinski definition) is 2. The molecule has 0 aliphatic rings. The number of nitrogens with zero attached hydrogens (tertiary/aromatic N) is 1. The monoisotopic (exact) mass is 291 g/mol. The molecule has 2 aromatic rings. The molecule has 0 amide bonds. The van der Waals surface area contributed by atoms with E-state index in [0.29, 0.717) is 23.5 Å². The number of hydrogen-bond acceptors (Lipinski definition) is 6. The standard InChI is InChI=1S/C14H17N3O2S/c1-3-19-14(18)10-5-4-6-11(15)12(10)17-9(2)13-16-7-8-20-13/h4-9,17H,3,15H2,1-2H3. The summed E-state index contributed by atoms with van der Waals surface area (Å²) in [6, 6.07) is 5.15. The third-order valence-corrected chi connectivity index (χ3v) is 3.73. The van der Waals surface area contributed by atoms with Crippen molar-refractivity contribution in [2.24, 2.45) is 0 Å². The van der Waals surface area contributed by atoms with E-state index in [0.717, 1.165) is 5.01 Å². The van der Waals surface area contributed by atoms with Gasteiger partial charge < -0.3 is 15.8 Å². The van der Waals surface area contributed by atoms with Gasteiger partial charge in [-0.1, -0.05) is 6.07 Å². The van der Waals surface area contributed by atoms with Crippen molar-refractivity contribution in [3.8, 4) is 0 Å². The molecule has 1 aromatic carbocycles. The Hall–Kier alpha value is -2.08. The predicted octanol–water partition coefficient (Wildman–Crippen LogP) is 3.08. The summed E-state index contributed by atoms with van der Waals surface area (Å²) in [5, 5.41) is 6.09. The van der Waals surface area contributed by atoms with Crippen molar-refractivity contribution in [3.05, 3.63) is 40.3 Å². The van der Waals surface area contributed by atoms with Gasteiger partial charge in [0.25, 0.3) is 0 Å². The molecule has 0 radical (unpaired) electrons. The van der Waals surface area contributed by atoms with Gasteiger partial charge in [0.05, 0.1) is 29.6 Å². The lowest BCUT2D eigenvalue weighted by molar-refractivity contribution is 0.0527. The Labute approximate surface area is 121 Å². The summed E-state index contributed by atoms with van der Waals surface area (Å²) < 4.78 is 5.05. The number of esters is 1. The molecule has 5 nitrogen and oxygen atoms in total. The van der Waals surface area contributed by atoms with Crippen LogP contribution in [0.3, 0.4) is 0 Å². The molecular formula is C14H17N3O2S. The van der Waals surface area contributed by atoms with Crippen LogP contribution in [0.2, 0.25) is 0 Å². The number of nitrogens with two attached hydrogens (primary N) is 1. The molecule has 1 unspecified atom stereocenters.